The van der Waals surface area contributed by atoms with E-state index in [0.29, 0.717) is 12.1 Å². The smallest absolute Gasteiger partial charge is 0.268 e. The van der Waals surface area contributed by atoms with Crippen LogP contribution < -0.4 is 0 Å². The van der Waals surface area contributed by atoms with E-state index >= 15 is 0 Å². The highest BCUT2D eigenvalue weighted by molar-refractivity contribution is 5.97. The van der Waals surface area contributed by atoms with E-state index in [2.05, 4.69) is 22.0 Å². The lowest BCUT2D eigenvalue weighted by atomic mass is 10.1. The molecule has 1 aliphatic rings. The van der Waals surface area contributed by atoms with E-state index < -0.39 is 4.92 Å². The first-order valence-electron chi connectivity index (χ1n) is 4.50. The Morgan fingerprint density at radius 2 is 2.36 bits per heavy atom. The molecule has 0 aliphatic carbocycles. The predicted molar refractivity (Wildman–Crippen MR) is 48.8 cm³/mol. The molecule has 1 rings (SSSR count). The van der Waals surface area contributed by atoms with Crippen molar-refractivity contribution in [1.29, 1.82) is 0 Å². The molecule has 0 fully saturated rings. The van der Waals surface area contributed by atoms with E-state index in [1.807, 2.05) is 0 Å². The van der Waals surface area contributed by atoms with E-state index in [9.17, 15) is 10.1 Å². The zero-order valence-electron chi connectivity index (χ0n) is 7.93. The summed E-state index contributed by atoms with van der Waals surface area (Å²) < 4.78 is 0. The van der Waals surface area contributed by atoms with Crippen LogP contribution in [0.5, 0.6) is 0 Å². The second kappa shape index (κ2) is 5.21. The molecule has 0 aromatic rings. The molecule has 0 aromatic carbocycles. The maximum Gasteiger partial charge on any atom is 0.333 e. The van der Waals surface area contributed by atoms with Gasteiger partial charge in [-0.2, -0.15) is 4.99 Å². The maximum atomic E-state index is 10.5. The van der Waals surface area contributed by atoms with Crippen LogP contribution in [0.2, 0.25) is 0 Å². The Hall–Kier alpha value is -1.59. The van der Waals surface area contributed by atoms with Crippen LogP contribution in [0.15, 0.2) is 17.1 Å². The summed E-state index contributed by atoms with van der Waals surface area (Å²) in [4.78, 5) is 18.6. The standard InChI is InChI=1S/C8H12N2O4/c1-2-3-4-5-7-8(10(11)12)6-13-14-9-7/h6H,2-5H2,1H3. The van der Waals surface area contributed by atoms with Gasteiger partial charge >= 0.3 is 5.70 Å². The van der Waals surface area contributed by atoms with Gasteiger partial charge in [0.15, 0.2) is 5.71 Å². The van der Waals surface area contributed by atoms with E-state index in [0.717, 1.165) is 25.5 Å². The number of rotatable bonds is 5. The van der Waals surface area contributed by atoms with Crippen LogP contribution >= 0.6 is 0 Å². The van der Waals surface area contributed by atoms with E-state index in [4.69, 9.17) is 0 Å². The van der Waals surface area contributed by atoms with Gasteiger partial charge in [-0.3, -0.25) is 15.0 Å². The van der Waals surface area contributed by atoms with Gasteiger partial charge in [0.25, 0.3) is 0 Å². The molecule has 0 amide bonds. The van der Waals surface area contributed by atoms with Gasteiger partial charge in [0, 0.05) is 6.42 Å². The molecule has 0 aromatic heterocycles. The van der Waals surface area contributed by atoms with Crippen molar-refractivity contribution in [2.75, 3.05) is 0 Å². The Morgan fingerprint density at radius 3 is 3.00 bits per heavy atom. The Labute approximate surface area is 81.3 Å². The topological polar surface area (TPSA) is 74.0 Å². The first-order chi connectivity index (χ1) is 6.75. The molecule has 1 heterocycles. The van der Waals surface area contributed by atoms with Crippen molar-refractivity contribution in [1.82, 2.24) is 0 Å². The minimum Gasteiger partial charge on any atom is -0.268 e. The summed E-state index contributed by atoms with van der Waals surface area (Å²) in [5.74, 6) is 0. The van der Waals surface area contributed by atoms with Gasteiger partial charge in [-0.05, 0) is 11.6 Å². The van der Waals surface area contributed by atoms with Gasteiger partial charge in [0.2, 0.25) is 6.26 Å². The highest BCUT2D eigenvalue weighted by Gasteiger charge is 2.24. The molecule has 0 atom stereocenters. The van der Waals surface area contributed by atoms with Crippen molar-refractivity contribution in [3.05, 3.63) is 22.1 Å². The maximum absolute atomic E-state index is 10.5. The molecule has 0 radical (unpaired) electrons. The summed E-state index contributed by atoms with van der Waals surface area (Å²) >= 11 is 0. The highest BCUT2D eigenvalue weighted by Crippen LogP contribution is 2.13. The second-order valence-electron chi connectivity index (χ2n) is 2.93. The third-order valence-electron chi connectivity index (χ3n) is 1.86. The van der Waals surface area contributed by atoms with Crippen LogP contribution in [0.25, 0.3) is 0 Å². The normalized spacial score (nSPS) is 14.9. The quantitative estimate of drug-likeness (QED) is 0.294. The monoisotopic (exact) mass is 200 g/mol. The van der Waals surface area contributed by atoms with Crippen molar-refractivity contribution in [3.63, 3.8) is 0 Å². The van der Waals surface area contributed by atoms with Gasteiger partial charge in [-0.1, -0.05) is 19.8 Å². The van der Waals surface area contributed by atoms with Crippen LogP contribution in [0.3, 0.4) is 0 Å². The molecule has 6 nitrogen and oxygen atoms in total. The van der Waals surface area contributed by atoms with Crippen molar-refractivity contribution in [2.24, 2.45) is 5.16 Å². The molecule has 0 saturated heterocycles. The molecule has 1 aliphatic heterocycles. The van der Waals surface area contributed by atoms with E-state index in [1.165, 1.54) is 0 Å². The molecule has 14 heavy (non-hydrogen) atoms. The fourth-order valence-electron chi connectivity index (χ4n) is 1.11. The fourth-order valence-corrected chi connectivity index (χ4v) is 1.11. The first-order valence-corrected chi connectivity index (χ1v) is 4.50. The summed E-state index contributed by atoms with van der Waals surface area (Å²) in [6.45, 7) is 2.06. The Kier molecular flexibility index (Phi) is 3.90. The lowest BCUT2D eigenvalue weighted by molar-refractivity contribution is -0.423. The second-order valence-corrected chi connectivity index (χ2v) is 2.93. The lowest BCUT2D eigenvalue weighted by Crippen LogP contribution is -2.15. The van der Waals surface area contributed by atoms with Crippen LogP contribution in [0.4, 0.5) is 0 Å². The van der Waals surface area contributed by atoms with Crippen LogP contribution in [-0.4, -0.2) is 10.6 Å². The van der Waals surface area contributed by atoms with Crippen molar-refractivity contribution in [3.8, 4) is 0 Å². The minimum atomic E-state index is -0.521. The third kappa shape index (κ3) is 2.72. The molecule has 0 saturated carbocycles. The highest BCUT2D eigenvalue weighted by atomic mass is 17.3. The minimum absolute atomic E-state index is 0.118. The first kappa shape index (κ1) is 10.5. The zero-order valence-corrected chi connectivity index (χ0v) is 7.93. The lowest BCUT2D eigenvalue weighted by Gasteiger charge is -2.06. The van der Waals surface area contributed by atoms with Gasteiger partial charge in [-0.25, -0.2) is 0 Å². The van der Waals surface area contributed by atoms with Gasteiger partial charge in [0.05, 0.1) is 4.92 Å². The molecule has 0 N–H and O–H groups in total. The molecular formula is C8H12N2O4. The number of allylic oxidation sites excluding steroid dienone is 1. The summed E-state index contributed by atoms with van der Waals surface area (Å²) in [7, 11) is 0. The van der Waals surface area contributed by atoms with Gasteiger partial charge in [-0.15, -0.1) is 0 Å². The summed E-state index contributed by atoms with van der Waals surface area (Å²) in [5, 5.41) is 14.0. The predicted octanol–water partition coefficient (Wildman–Crippen LogP) is 2.00. The number of oxime groups is 1. The Morgan fingerprint density at radius 1 is 1.57 bits per heavy atom. The average Bonchev–Trinajstić information content (AvgIpc) is 2.19. The molecule has 0 spiro atoms. The van der Waals surface area contributed by atoms with Gasteiger partial charge < -0.3 is 0 Å². The van der Waals surface area contributed by atoms with Crippen LogP contribution in [-0.2, 0) is 9.88 Å². The SMILES string of the molecule is CCCCCC1=NOOC=C1[N+](=O)[O-]. The van der Waals surface area contributed by atoms with E-state index in [-0.39, 0.29) is 5.70 Å². The number of nitro groups is 1. The average molecular weight is 200 g/mol. The largest absolute Gasteiger partial charge is 0.333 e. The number of hydrogen-bond acceptors (Lipinski definition) is 5. The van der Waals surface area contributed by atoms with Crippen molar-refractivity contribution < 1.29 is 14.8 Å². The Bertz CT molecular complexity index is 273. The van der Waals surface area contributed by atoms with E-state index in [1.54, 1.807) is 0 Å². The Balaban J connectivity index is 2.52. The summed E-state index contributed by atoms with van der Waals surface area (Å²) in [5.41, 5.74) is 0.224. The van der Waals surface area contributed by atoms with Crippen molar-refractivity contribution >= 4 is 5.71 Å². The number of nitrogens with zero attached hydrogens (tertiary/aromatic N) is 2. The molecule has 6 heteroatoms. The van der Waals surface area contributed by atoms with Crippen molar-refractivity contribution in [2.45, 2.75) is 32.6 Å². The van der Waals surface area contributed by atoms with Crippen LogP contribution in [0.1, 0.15) is 32.6 Å². The van der Waals surface area contributed by atoms with Gasteiger partial charge in [0.1, 0.15) is 0 Å². The molecule has 78 valence electrons. The number of hydrogen-bond donors (Lipinski definition) is 0. The number of unbranched alkanes of at least 4 members (excludes halogenated alkanes) is 2. The zero-order chi connectivity index (χ0) is 10.4. The fraction of sp³-hybridized carbons (Fsp3) is 0.625. The molecule has 0 unspecified atom stereocenters. The molecule has 0 bridgehead atoms. The molecular weight excluding hydrogens is 188 g/mol. The summed E-state index contributed by atoms with van der Waals surface area (Å²) in [6.07, 6.45) is 4.45. The summed E-state index contributed by atoms with van der Waals surface area (Å²) in [6, 6.07) is 0. The third-order valence-corrected chi connectivity index (χ3v) is 1.86. The van der Waals surface area contributed by atoms with Crippen LogP contribution in [0, 0.1) is 10.1 Å².